The molecule has 1 fully saturated rings. The van der Waals surface area contributed by atoms with E-state index in [1.54, 1.807) is 27.8 Å². The Morgan fingerprint density at radius 2 is 1.86 bits per heavy atom. The topological polar surface area (TPSA) is 56.1 Å². The highest BCUT2D eigenvalue weighted by Gasteiger charge is 2.30. The zero-order chi connectivity index (χ0) is 18.5. The van der Waals surface area contributed by atoms with Crippen molar-refractivity contribution in [1.82, 2.24) is 4.98 Å². The second-order valence-corrected chi connectivity index (χ2v) is 7.75. The summed E-state index contributed by atoms with van der Waals surface area (Å²) in [6.07, 6.45) is 3.91. The van der Waals surface area contributed by atoms with Gasteiger partial charge >= 0.3 is 6.09 Å². The Kier molecular flexibility index (Phi) is 7.56. The third kappa shape index (κ3) is 4.78. The van der Waals surface area contributed by atoms with E-state index in [4.69, 9.17) is 9.47 Å². The molecule has 150 valence electrons. The summed E-state index contributed by atoms with van der Waals surface area (Å²) in [6.45, 7) is 4.89. The van der Waals surface area contributed by atoms with Crippen LogP contribution in [-0.4, -0.2) is 50.5 Å². The number of hydrogen-bond donors (Lipinski definition) is 1. The quantitative estimate of drug-likeness (QED) is 0.638. The molecule has 0 atom stereocenters. The number of likely N-dealkylation sites (tertiary alicyclic amines) is 1. The Bertz CT molecular complexity index is 756. The largest absolute Gasteiger partial charge is 1.00 e. The van der Waals surface area contributed by atoms with Gasteiger partial charge in [-0.15, -0.1) is 0 Å². The number of hydrogen-bond acceptors (Lipinski definition) is 5. The monoisotopic (exact) mass is 421 g/mol. The lowest BCUT2D eigenvalue weighted by atomic mass is 10.2. The predicted molar refractivity (Wildman–Crippen MR) is 104 cm³/mol. The molecule has 2 aliphatic heterocycles. The van der Waals surface area contributed by atoms with Crippen LogP contribution in [0.5, 0.6) is 0 Å². The van der Waals surface area contributed by atoms with Crippen LogP contribution in [0.2, 0.25) is 0 Å². The summed E-state index contributed by atoms with van der Waals surface area (Å²) in [4.78, 5) is 22.3. The molecule has 1 N–H and O–H groups in total. The summed E-state index contributed by atoms with van der Waals surface area (Å²) >= 11 is 1.61. The van der Waals surface area contributed by atoms with E-state index >= 15 is 0 Å². The van der Waals surface area contributed by atoms with Crippen molar-refractivity contribution in [3.8, 4) is 0 Å². The average Bonchev–Trinajstić information content (AvgIpc) is 3.22. The maximum Gasteiger partial charge on any atom is 0.420 e. The number of carbonyl (C=O) groups is 1. The lowest BCUT2D eigenvalue weighted by Gasteiger charge is -2.28. The minimum atomic E-state index is -0.420. The number of rotatable bonds is 6. The molecule has 0 spiro atoms. The number of amides is 1. The highest BCUT2D eigenvalue weighted by Crippen LogP contribution is 2.46. The molecule has 2 aromatic rings. The van der Waals surface area contributed by atoms with Crippen molar-refractivity contribution >= 4 is 29.4 Å². The van der Waals surface area contributed by atoms with Gasteiger partial charge in [0, 0.05) is 23.9 Å². The number of pyridine rings is 1. The van der Waals surface area contributed by atoms with Crippen LogP contribution in [0.1, 0.15) is 12.8 Å². The fraction of sp³-hybridized carbons (Fsp3) is 0.400. The van der Waals surface area contributed by atoms with Gasteiger partial charge in [-0.25, -0.2) is 14.7 Å². The Morgan fingerprint density at radius 1 is 1.07 bits per heavy atom. The maximum atomic E-state index is 12.8. The van der Waals surface area contributed by atoms with Gasteiger partial charge in [-0.2, -0.15) is 0 Å². The van der Waals surface area contributed by atoms with Gasteiger partial charge in [0.2, 0.25) is 0 Å². The third-order valence-corrected chi connectivity index (χ3v) is 5.94. The van der Waals surface area contributed by atoms with Crippen molar-refractivity contribution in [2.45, 2.75) is 22.6 Å². The standard InChI is InChI=1S/C20H23N3O3S.ClH/c24-20(26-15-14-25-13-12-22-10-3-4-11-22)23-16-6-1-2-7-17(16)27-18-8-5-9-21-19(18)23;/h1-2,5-9H,3-4,10-15H2;1H. The number of nitrogens with one attached hydrogen (secondary N) is 1. The van der Waals surface area contributed by atoms with Crippen molar-refractivity contribution in [2.24, 2.45) is 0 Å². The van der Waals surface area contributed by atoms with E-state index in [1.807, 2.05) is 36.4 Å². The normalized spacial score (nSPS) is 15.5. The highest BCUT2D eigenvalue weighted by atomic mass is 35.5. The third-order valence-electron chi connectivity index (χ3n) is 4.84. The predicted octanol–water partition coefficient (Wildman–Crippen LogP) is -0.480. The van der Waals surface area contributed by atoms with E-state index < -0.39 is 6.09 Å². The Labute approximate surface area is 175 Å². The van der Waals surface area contributed by atoms with Gasteiger partial charge in [0.15, 0.2) is 5.82 Å². The molecular weight excluding hydrogens is 398 g/mol. The van der Waals surface area contributed by atoms with E-state index in [9.17, 15) is 4.79 Å². The first-order valence-corrected chi connectivity index (χ1v) is 10.2. The van der Waals surface area contributed by atoms with Crippen molar-refractivity contribution in [3.63, 3.8) is 0 Å². The molecule has 0 unspecified atom stereocenters. The molecule has 3 heterocycles. The number of anilines is 2. The zero-order valence-electron chi connectivity index (χ0n) is 15.6. The van der Waals surface area contributed by atoms with Crippen LogP contribution in [0.15, 0.2) is 52.4 Å². The van der Waals surface area contributed by atoms with Crippen LogP contribution >= 0.6 is 11.8 Å². The molecule has 8 heteroatoms. The first-order chi connectivity index (χ1) is 13.3. The minimum absolute atomic E-state index is 0. The number of ether oxygens (including phenoxy) is 2. The highest BCUT2D eigenvalue weighted by molar-refractivity contribution is 7.99. The summed E-state index contributed by atoms with van der Waals surface area (Å²) in [7, 11) is 0. The molecule has 0 saturated carbocycles. The van der Waals surface area contributed by atoms with Gasteiger partial charge in [-0.05, 0) is 24.3 Å². The molecule has 0 aliphatic carbocycles. The van der Waals surface area contributed by atoms with Crippen molar-refractivity contribution in [1.29, 1.82) is 0 Å². The van der Waals surface area contributed by atoms with E-state index in [1.165, 1.54) is 25.9 Å². The molecule has 0 radical (unpaired) electrons. The lowest BCUT2D eigenvalue weighted by molar-refractivity contribution is -0.887. The van der Waals surface area contributed by atoms with Gasteiger partial charge in [0.25, 0.3) is 0 Å². The Hall–Kier alpha value is -1.80. The Balaban J connectivity index is 0.00000225. The van der Waals surface area contributed by atoms with Crippen LogP contribution in [0.25, 0.3) is 0 Å². The summed E-state index contributed by atoms with van der Waals surface area (Å²) in [5.74, 6) is 0.616. The van der Waals surface area contributed by atoms with E-state index in [-0.39, 0.29) is 19.0 Å². The van der Waals surface area contributed by atoms with Crippen LogP contribution in [0.4, 0.5) is 16.3 Å². The summed E-state index contributed by atoms with van der Waals surface area (Å²) in [5.41, 5.74) is 0.803. The number of halogens is 1. The first kappa shape index (κ1) is 20.9. The van der Waals surface area contributed by atoms with Crippen LogP contribution in [-0.2, 0) is 9.47 Å². The van der Waals surface area contributed by atoms with Gasteiger partial charge in [0.05, 0.1) is 36.9 Å². The molecule has 1 amide bonds. The van der Waals surface area contributed by atoms with Gasteiger partial charge < -0.3 is 26.8 Å². The van der Waals surface area contributed by atoms with Gasteiger partial charge in [0.1, 0.15) is 13.2 Å². The van der Waals surface area contributed by atoms with Crippen LogP contribution in [0.3, 0.4) is 0 Å². The second kappa shape index (κ2) is 10.1. The summed E-state index contributed by atoms with van der Waals surface area (Å²) in [6, 6.07) is 11.6. The molecule has 4 rings (SSSR count). The minimum Gasteiger partial charge on any atom is -1.00 e. The molecule has 2 aliphatic rings. The van der Waals surface area contributed by atoms with Gasteiger partial charge in [-0.3, -0.25) is 0 Å². The number of para-hydroxylation sites is 1. The number of benzene rings is 1. The molecular formula is C20H24ClN3O3S. The van der Waals surface area contributed by atoms with E-state index in [0.717, 1.165) is 22.0 Å². The first-order valence-electron chi connectivity index (χ1n) is 9.43. The summed E-state index contributed by atoms with van der Waals surface area (Å²) < 4.78 is 11.1. The number of aromatic nitrogens is 1. The second-order valence-electron chi connectivity index (χ2n) is 6.66. The molecule has 1 saturated heterocycles. The maximum absolute atomic E-state index is 12.8. The van der Waals surface area contributed by atoms with Gasteiger partial charge in [-0.1, -0.05) is 23.9 Å². The SMILES string of the molecule is O=C(OCCOCC[NH+]1CCCC1)N1c2ccccc2Sc2cccnc21.[Cl-]. The smallest absolute Gasteiger partial charge is 0.420 e. The van der Waals surface area contributed by atoms with E-state index in [2.05, 4.69) is 4.98 Å². The molecule has 1 aromatic carbocycles. The number of fused-ring (bicyclic) bond motifs is 2. The number of nitrogens with zero attached hydrogens (tertiary/aromatic N) is 2. The molecule has 0 bridgehead atoms. The van der Waals surface area contributed by atoms with E-state index in [0.29, 0.717) is 19.0 Å². The molecule has 1 aromatic heterocycles. The Morgan fingerprint density at radius 3 is 2.71 bits per heavy atom. The average molecular weight is 422 g/mol. The molecule has 6 nitrogen and oxygen atoms in total. The zero-order valence-corrected chi connectivity index (χ0v) is 17.2. The number of quaternary nitrogens is 1. The van der Waals surface area contributed by atoms with Crippen LogP contribution in [0, 0.1) is 0 Å². The van der Waals surface area contributed by atoms with Crippen molar-refractivity contribution in [3.05, 3.63) is 42.6 Å². The van der Waals surface area contributed by atoms with Crippen LogP contribution < -0.4 is 22.2 Å². The summed E-state index contributed by atoms with van der Waals surface area (Å²) in [5, 5.41) is 0. The van der Waals surface area contributed by atoms with Crippen molar-refractivity contribution in [2.75, 3.05) is 44.4 Å². The molecule has 28 heavy (non-hydrogen) atoms. The fourth-order valence-electron chi connectivity index (χ4n) is 3.47. The number of carbonyl (C=O) groups excluding carboxylic acids is 1. The van der Waals surface area contributed by atoms with Crippen molar-refractivity contribution < 1.29 is 31.6 Å². The fourth-order valence-corrected chi connectivity index (χ4v) is 4.50. The lowest BCUT2D eigenvalue weighted by Crippen LogP contribution is -3.10.